The Hall–Kier alpha value is -1.40. The molecule has 1 fully saturated rings. The van der Waals surface area contributed by atoms with E-state index in [1.54, 1.807) is 18.0 Å². The molecular weight excluding hydrogens is 234 g/mol. The van der Waals surface area contributed by atoms with Crippen molar-refractivity contribution in [2.45, 2.75) is 19.5 Å². The highest BCUT2D eigenvalue weighted by molar-refractivity contribution is 5.99. The van der Waals surface area contributed by atoms with Crippen molar-refractivity contribution in [2.75, 3.05) is 27.4 Å². The second-order valence-corrected chi connectivity index (χ2v) is 4.28. The summed E-state index contributed by atoms with van der Waals surface area (Å²) >= 11 is 0. The largest absolute Gasteiger partial charge is 0.493 e. The minimum atomic E-state index is -0.175. The SMILES string of the molecule is CCn1ncc(OC)c1C(=O)C1COCC1NC. The van der Waals surface area contributed by atoms with Gasteiger partial charge in [-0.2, -0.15) is 5.10 Å². The molecule has 2 rings (SSSR count). The van der Waals surface area contributed by atoms with E-state index < -0.39 is 0 Å². The van der Waals surface area contributed by atoms with Crippen molar-refractivity contribution in [2.24, 2.45) is 5.92 Å². The molecule has 1 aliphatic heterocycles. The van der Waals surface area contributed by atoms with Gasteiger partial charge in [-0.15, -0.1) is 0 Å². The number of hydrogen-bond acceptors (Lipinski definition) is 5. The summed E-state index contributed by atoms with van der Waals surface area (Å²) in [6.07, 6.45) is 1.58. The van der Waals surface area contributed by atoms with Crippen LogP contribution in [-0.2, 0) is 11.3 Å². The molecule has 1 aromatic rings. The minimum Gasteiger partial charge on any atom is -0.493 e. The summed E-state index contributed by atoms with van der Waals surface area (Å²) in [4.78, 5) is 12.6. The van der Waals surface area contributed by atoms with Crippen molar-refractivity contribution in [3.05, 3.63) is 11.9 Å². The maximum Gasteiger partial charge on any atom is 0.191 e. The van der Waals surface area contributed by atoms with Crippen molar-refractivity contribution in [1.82, 2.24) is 15.1 Å². The fourth-order valence-corrected chi connectivity index (χ4v) is 2.28. The van der Waals surface area contributed by atoms with E-state index >= 15 is 0 Å². The van der Waals surface area contributed by atoms with Crippen molar-refractivity contribution in [3.63, 3.8) is 0 Å². The average Bonchev–Trinajstić information content (AvgIpc) is 3.03. The molecular formula is C12H19N3O3. The number of likely N-dealkylation sites (N-methyl/N-ethyl adjacent to an activating group) is 1. The van der Waals surface area contributed by atoms with Crippen LogP contribution in [0, 0.1) is 5.92 Å². The standard InChI is InChI=1S/C12H19N3O3/c1-4-15-11(10(17-3)5-14-15)12(16)8-6-18-7-9(8)13-2/h5,8-9,13H,4,6-7H2,1-3H3. The van der Waals surface area contributed by atoms with Crippen molar-refractivity contribution in [1.29, 1.82) is 0 Å². The van der Waals surface area contributed by atoms with Gasteiger partial charge in [0.1, 0.15) is 5.69 Å². The summed E-state index contributed by atoms with van der Waals surface area (Å²) in [7, 11) is 3.39. The monoisotopic (exact) mass is 253 g/mol. The predicted octanol–water partition coefficient (Wildman–Crippen LogP) is 0.329. The first-order valence-corrected chi connectivity index (χ1v) is 6.11. The molecule has 0 aliphatic carbocycles. The van der Waals surface area contributed by atoms with Gasteiger partial charge in [0.05, 0.1) is 32.4 Å². The second kappa shape index (κ2) is 5.49. The summed E-state index contributed by atoms with van der Waals surface area (Å²) < 4.78 is 12.3. The summed E-state index contributed by atoms with van der Waals surface area (Å²) in [6, 6.07) is 0.0578. The van der Waals surface area contributed by atoms with E-state index in [4.69, 9.17) is 9.47 Å². The van der Waals surface area contributed by atoms with Crippen molar-refractivity contribution < 1.29 is 14.3 Å². The first-order chi connectivity index (χ1) is 8.72. The lowest BCUT2D eigenvalue weighted by atomic mass is 9.96. The number of rotatable bonds is 5. The normalized spacial score (nSPS) is 23.3. The molecule has 0 saturated carbocycles. The molecule has 6 heteroatoms. The third-order valence-electron chi connectivity index (χ3n) is 3.35. The number of Topliss-reactive ketones (excluding diaryl/α,β-unsaturated/α-hetero) is 1. The molecule has 0 aromatic carbocycles. The van der Waals surface area contributed by atoms with Gasteiger partial charge in [-0.3, -0.25) is 9.48 Å². The summed E-state index contributed by atoms with van der Waals surface area (Å²) in [6.45, 7) is 3.60. The molecule has 0 bridgehead atoms. The van der Waals surface area contributed by atoms with Gasteiger partial charge in [0.25, 0.3) is 0 Å². The van der Waals surface area contributed by atoms with Gasteiger partial charge in [-0.05, 0) is 14.0 Å². The zero-order valence-electron chi connectivity index (χ0n) is 11.0. The molecule has 1 N–H and O–H groups in total. The van der Waals surface area contributed by atoms with E-state index in [2.05, 4.69) is 10.4 Å². The number of aromatic nitrogens is 2. The van der Waals surface area contributed by atoms with E-state index in [1.165, 1.54) is 0 Å². The van der Waals surface area contributed by atoms with Crippen molar-refractivity contribution >= 4 is 5.78 Å². The molecule has 2 heterocycles. The highest BCUT2D eigenvalue weighted by Gasteiger charge is 2.36. The van der Waals surface area contributed by atoms with Gasteiger partial charge in [0, 0.05) is 12.6 Å². The maximum absolute atomic E-state index is 12.6. The first-order valence-electron chi connectivity index (χ1n) is 6.11. The first kappa shape index (κ1) is 13.0. The summed E-state index contributed by atoms with van der Waals surface area (Å²) in [5, 5.41) is 7.27. The van der Waals surface area contributed by atoms with Crippen LogP contribution in [0.3, 0.4) is 0 Å². The van der Waals surface area contributed by atoms with Crippen molar-refractivity contribution in [3.8, 4) is 5.75 Å². The average molecular weight is 253 g/mol. The number of carbonyl (C=O) groups excluding carboxylic acids is 1. The fraction of sp³-hybridized carbons (Fsp3) is 0.667. The van der Waals surface area contributed by atoms with E-state index in [-0.39, 0.29) is 17.7 Å². The maximum atomic E-state index is 12.6. The van der Waals surface area contributed by atoms with Crippen LogP contribution in [0.1, 0.15) is 17.4 Å². The molecule has 1 saturated heterocycles. The highest BCUT2D eigenvalue weighted by Crippen LogP contribution is 2.25. The predicted molar refractivity (Wildman–Crippen MR) is 65.9 cm³/mol. The molecule has 1 aromatic heterocycles. The molecule has 0 radical (unpaired) electrons. The zero-order valence-corrected chi connectivity index (χ0v) is 11.0. The van der Waals surface area contributed by atoms with Crippen LogP contribution < -0.4 is 10.1 Å². The lowest BCUT2D eigenvalue weighted by molar-refractivity contribution is 0.0878. The lowest BCUT2D eigenvalue weighted by Gasteiger charge is -2.16. The summed E-state index contributed by atoms with van der Waals surface area (Å²) in [5.74, 6) is 0.387. The number of ketones is 1. The van der Waals surface area contributed by atoms with Crippen LogP contribution in [0.25, 0.3) is 0 Å². The van der Waals surface area contributed by atoms with E-state index in [0.717, 1.165) is 0 Å². The molecule has 6 nitrogen and oxygen atoms in total. The quantitative estimate of drug-likeness (QED) is 0.766. The number of ether oxygens (including phenoxy) is 2. The highest BCUT2D eigenvalue weighted by atomic mass is 16.5. The summed E-state index contributed by atoms with van der Waals surface area (Å²) in [5.41, 5.74) is 0.538. The van der Waals surface area contributed by atoms with Crippen LogP contribution in [0.15, 0.2) is 6.20 Å². The molecule has 18 heavy (non-hydrogen) atoms. The van der Waals surface area contributed by atoms with Gasteiger partial charge in [0.15, 0.2) is 11.5 Å². The Morgan fingerprint density at radius 1 is 1.67 bits per heavy atom. The third kappa shape index (κ3) is 2.13. The van der Waals surface area contributed by atoms with Crippen LogP contribution >= 0.6 is 0 Å². The molecule has 0 amide bonds. The molecule has 2 atom stereocenters. The van der Waals surface area contributed by atoms with Crippen LogP contribution in [0.4, 0.5) is 0 Å². The number of carbonyl (C=O) groups is 1. The van der Waals surface area contributed by atoms with Gasteiger partial charge in [0.2, 0.25) is 0 Å². The smallest absolute Gasteiger partial charge is 0.191 e. The minimum absolute atomic E-state index is 0.0306. The number of nitrogens with one attached hydrogen (secondary N) is 1. The van der Waals surface area contributed by atoms with Gasteiger partial charge >= 0.3 is 0 Å². The number of aryl methyl sites for hydroxylation is 1. The Morgan fingerprint density at radius 3 is 3.06 bits per heavy atom. The van der Waals surface area contributed by atoms with E-state index in [1.807, 2.05) is 14.0 Å². The third-order valence-corrected chi connectivity index (χ3v) is 3.35. The number of methoxy groups -OCH3 is 1. The molecule has 100 valence electrons. The van der Waals surface area contributed by atoms with Crippen LogP contribution in [0.2, 0.25) is 0 Å². The Labute approximate surface area is 106 Å². The Kier molecular flexibility index (Phi) is 3.98. The van der Waals surface area contributed by atoms with Gasteiger partial charge in [-0.25, -0.2) is 0 Å². The molecule has 2 unspecified atom stereocenters. The zero-order chi connectivity index (χ0) is 13.1. The van der Waals surface area contributed by atoms with E-state index in [0.29, 0.717) is 31.2 Å². The number of hydrogen-bond donors (Lipinski definition) is 1. The van der Waals surface area contributed by atoms with Gasteiger partial charge < -0.3 is 14.8 Å². The van der Waals surface area contributed by atoms with E-state index in [9.17, 15) is 4.79 Å². The molecule has 1 aliphatic rings. The number of nitrogens with zero attached hydrogens (tertiary/aromatic N) is 2. The topological polar surface area (TPSA) is 65.4 Å². The van der Waals surface area contributed by atoms with Crippen LogP contribution in [0.5, 0.6) is 5.75 Å². The van der Waals surface area contributed by atoms with Gasteiger partial charge in [-0.1, -0.05) is 0 Å². The molecule has 0 spiro atoms. The Morgan fingerprint density at radius 2 is 2.44 bits per heavy atom. The van der Waals surface area contributed by atoms with Crippen LogP contribution in [-0.4, -0.2) is 49.0 Å². The second-order valence-electron chi connectivity index (χ2n) is 4.28. The lowest BCUT2D eigenvalue weighted by Crippen LogP contribution is -2.37. The Balaban J connectivity index is 2.30. The fourth-order valence-electron chi connectivity index (χ4n) is 2.28. The Bertz CT molecular complexity index is 409.